The fraction of sp³-hybridized carbons (Fsp3) is 0.500. The molecule has 2 heterocycles. The van der Waals surface area contributed by atoms with Gasteiger partial charge in [0.05, 0.1) is 0 Å². The molecule has 2 aromatic rings. The Kier molecular flexibility index (Phi) is 6.09. The Labute approximate surface area is 162 Å². The quantitative estimate of drug-likeness (QED) is 0.815. The van der Waals surface area contributed by atoms with Crippen molar-refractivity contribution >= 4 is 17.5 Å². The highest BCUT2D eigenvalue weighted by Crippen LogP contribution is 2.24. The molecule has 0 saturated carbocycles. The van der Waals surface area contributed by atoms with Gasteiger partial charge in [0.2, 0.25) is 5.95 Å². The number of aryl methyl sites for hydroxylation is 1. The van der Waals surface area contributed by atoms with Gasteiger partial charge < -0.3 is 10.2 Å². The van der Waals surface area contributed by atoms with Gasteiger partial charge in [0, 0.05) is 24.0 Å². The zero-order valence-electron chi connectivity index (χ0n) is 16.8. The summed E-state index contributed by atoms with van der Waals surface area (Å²) >= 11 is 0. The average Bonchev–Trinajstić information content (AvgIpc) is 2.67. The molecule has 1 aliphatic rings. The van der Waals surface area contributed by atoms with Gasteiger partial charge in [-0.3, -0.25) is 4.79 Å². The molecule has 0 bridgehead atoms. The van der Waals surface area contributed by atoms with Crippen molar-refractivity contribution in [3.05, 3.63) is 47.3 Å². The van der Waals surface area contributed by atoms with Crippen LogP contribution in [0.25, 0.3) is 0 Å². The van der Waals surface area contributed by atoms with Gasteiger partial charge in [0.25, 0.3) is 5.91 Å². The summed E-state index contributed by atoms with van der Waals surface area (Å²) in [6.07, 6.45) is 4.64. The highest BCUT2D eigenvalue weighted by atomic mass is 16.1. The minimum Gasteiger partial charge on any atom is -0.338 e. The molecular weight excluding hydrogens is 336 g/mol. The van der Waals surface area contributed by atoms with Gasteiger partial charge in [-0.1, -0.05) is 32.9 Å². The zero-order valence-corrected chi connectivity index (χ0v) is 16.8. The molecule has 1 N–H and O–H groups in total. The van der Waals surface area contributed by atoms with Gasteiger partial charge in [-0.2, -0.15) is 0 Å². The number of carbonyl (C=O) groups excluding carboxylic acids is 1. The SMILES string of the molecule is CCC1CCCCN1c1nc(C)cc(C(=O)Nc2ccc(C(C)C)cc2)n1. The predicted molar refractivity (Wildman–Crippen MR) is 111 cm³/mol. The molecule has 1 atom stereocenters. The number of aromatic nitrogens is 2. The molecular formula is C22H30N4O. The largest absolute Gasteiger partial charge is 0.338 e. The molecule has 1 saturated heterocycles. The van der Waals surface area contributed by atoms with E-state index in [1.54, 1.807) is 6.07 Å². The van der Waals surface area contributed by atoms with Crippen molar-refractivity contribution in [1.29, 1.82) is 0 Å². The molecule has 1 amide bonds. The van der Waals surface area contributed by atoms with E-state index < -0.39 is 0 Å². The summed E-state index contributed by atoms with van der Waals surface area (Å²) < 4.78 is 0. The zero-order chi connectivity index (χ0) is 19.4. The topological polar surface area (TPSA) is 58.1 Å². The minimum absolute atomic E-state index is 0.191. The lowest BCUT2D eigenvalue weighted by Crippen LogP contribution is -2.40. The number of nitrogens with one attached hydrogen (secondary N) is 1. The van der Waals surface area contributed by atoms with E-state index >= 15 is 0 Å². The molecule has 3 rings (SSSR count). The highest BCUT2D eigenvalue weighted by molar-refractivity contribution is 6.03. The minimum atomic E-state index is -0.191. The molecule has 1 aromatic heterocycles. The molecule has 0 aliphatic carbocycles. The number of carbonyl (C=O) groups is 1. The lowest BCUT2D eigenvalue weighted by molar-refractivity contribution is 0.102. The Morgan fingerprint density at radius 1 is 1.22 bits per heavy atom. The van der Waals surface area contributed by atoms with Crippen molar-refractivity contribution in [3.63, 3.8) is 0 Å². The van der Waals surface area contributed by atoms with Crippen LogP contribution in [-0.2, 0) is 0 Å². The van der Waals surface area contributed by atoms with Gasteiger partial charge >= 0.3 is 0 Å². The van der Waals surface area contributed by atoms with Crippen molar-refractivity contribution in [3.8, 4) is 0 Å². The first-order chi connectivity index (χ1) is 13.0. The van der Waals surface area contributed by atoms with Gasteiger partial charge in [0.1, 0.15) is 5.69 Å². The smallest absolute Gasteiger partial charge is 0.274 e. The van der Waals surface area contributed by atoms with E-state index in [2.05, 4.69) is 53.1 Å². The number of hydrogen-bond donors (Lipinski definition) is 1. The van der Waals surface area contributed by atoms with Gasteiger partial charge in [-0.05, 0) is 62.3 Å². The van der Waals surface area contributed by atoms with Crippen LogP contribution >= 0.6 is 0 Å². The highest BCUT2D eigenvalue weighted by Gasteiger charge is 2.24. The second kappa shape index (κ2) is 8.51. The van der Waals surface area contributed by atoms with E-state index in [1.807, 2.05) is 19.1 Å². The molecule has 1 aliphatic heterocycles. The fourth-order valence-electron chi connectivity index (χ4n) is 3.63. The Bertz CT molecular complexity index is 785. The van der Waals surface area contributed by atoms with E-state index in [-0.39, 0.29) is 5.91 Å². The summed E-state index contributed by atoms with van der Waals surface area (Å²) in [5.41, 5.74) is 3.28. The average molecular weight is 367 g/mol. The maximum atomic E-state index is 12.8. The molecule has 144 valence electrons. The molecule has 0 spiro atoms. The first kappa shape index (κ1) is 19.3. The van der Waals surface area contributed by atoms with E-state index in [1.165, 1.54) is 12.0 Å². The molecule has 1 aromatic carbocycles. The van der Waals surface area contributed by atoms with Gasteiger partial charge in [0.15, 0.2) is 0 Å². The van der Waals surface area contributed by atoms with E-state index in [0.717, 1.165) is 37.2 Å². The van der Waals surface area contributed by atoms with Crippen molar-refractivity contribution in [2.45, 2.75) is 65.3 Å². The number of anilines is 2. The van der Waals surface area contributed by atoms with Crippen LogP contribution in [-0.4, -0.2) is 28.5 Å². The number of piperidine rings is 1. The third-order valence-corrected chi connectivity index (χ3v) is 5.27. The van der Waals surface area contributed by atoms with Crippen molar-refractivity contribution in [2.75, 3.05) is 16.8 Å². The fourth-order valence-corrected chi connectivity index (χ4v) is 3.63. The molecule has 0 radical (unpaired) electrons. The van der Waals surface area contributed by atoms with Crippen LogP contribution in [0, 0.1) is 6.92 Å². The summed E-state index contributed by atoms with van der Waals surface area (Å²) in [7, 11) is 0. The Balaban J connectivity index is 1.79. The Morgan fingerprint density at radius 2 is 1.96 bits per heavy atom. The molecule has 1 fully saturated rings. The van der Waals surface area contributed by atoms with Crippen LogP contribution in [0.15, 0.2) is 30.3 Å². The summed E-state index contributed by atoms with van der Waals surface area (Å²) in [5.74, 6) is 0.962. The maximum absolute atomic E-state index is 12.8. The maximum Gasteiger partial charge on any atom is 0.274 e. The van der Waals surface area contributed by atoms with E-state index in [9.17, 15) is 4.79 Å². The first-order valence-corrected chi connectivity index (χ1v) is 10.0. The number of nitrogens with zero attached hydrogens (tertiary/aromatic N) is 3. The summed E-state index contributed by atoms with van der Waals surface area (Å²) in [6, 6.07) is 10.2. The van der Waals surface area contributed by atoms with Crippen LogP contribution in [0.1, 0.15) is 74.1 Å². The van der Waals surface area contributed by atoms with E-state index in [0.29, 0.717) is 23.6 Å². The van der Waals surface area contributed by atoms with E-state index in [4.69, 9.17) is 0 Å². The van der Waals surface area contributed by atoms with Crippen molar-refractivity contribution in [1.82, 2.24) is 9.97 Å². The lowest BCUT2D eigenvalue weighted by Gasteiger charge is -2.35. The van der Waals surface area contributed by atoms with Crippen molar-refractivity contribution < 1.29 is 4.79 Å². The van der Waals surface area contributed by atoms with Gasteiger partial charge in [-0.15, -0.1) is 0 Å². The third kappa shape index (κ3) is 4.65. The number of benzene rings is 1. The number of rotatable bonds is 5. The Morgan fingerprint density at radius 3 is 2.63 bits per heavy atom. The second-order valence-electron chi connectivity index (χ2n) is 7.68. The molecule has 5 nitrogen and oxygen atoms in total. The monoisotopic (exact) mass is 366 g/mol. The van der Waals surface area contributed by atoms with Crippen LogP contribution in [0.5, 0.6) is 0 Å². The molecule has 1 unspecified atom stereocenters. The lowest BCUT2D eigenvalue weighted by atomic mass is 10.0. The second-order valence-corrected chi connectivity index (χ2v) is 7.68. The van der Waals surface area contributed by atoms with Crippen LogP contribution in [0.4, 0.5) is 11.6 Å². The molecule has 27 heavy (non-hydrogen) atoms. The first-order valence-electron chi connectivity index (χ1n) is 10.0. The van der Waals surface area contributed by atoms with Gasteiger partial charge in [-0.25, -0.2) is 9.97 Å². The standard InChI is InChI=1S/C22H30N4O/c1-5-19-8-6-7-13-26(19)22-23-16(4)14-20(25-22)21(27)24-18-11-9-17(10-12-18)15(2)3/h9-12,14-15,19H,5-8,13H2,1-4H3,(H,24,27). The Hall–Kier alpha value is -2.43. The summed E-state index contributed by atoms with van der Waals surface area (Å²) in [6.45, 7) is 9.39. The predicted octanol–water partition coefficient (Wildman–Crippen LogP) is 4.93. The van der Waals surface area contributed by atoms with Crippen molar-refractivity contribution in [2.24, 2.45) is 0 Å². The van der Waals surface area contributed by atoms with Crippen LogP contribution in [0.3, 0.4) is 0 Å². The summed E-state index contributed by atoms with van der Waals surface area (Å²) in [4.78, 5) is 24.2. The van der Waals surface area contributed by atoms with Crippen LogP contribution < -0.4 is 10.2 Å². The van der Waals surface area contributed by atoms with Crippen LogP contribution in [0.2, 0.25) is 0 Å². The normalized spacial score (nSPS) is 17.2. The number of amides is 1. The summed E-state index contributed by atoms with van der Waals surface area (Å²) in [5, 5.41) is 2.96. The molecule has 5 heteroatoms. The number of hydrogen-bond acceptors (Lipinski definition) is 4. The third-order valence-electron chi connectivity index (χ3n) is 5.27.